The van der Waals surface area contributed by atoms with E-state index in [4.69, 9.17) is 9.47 Å². The number of alkyl carbamates (subject to hydrolysis) is 1. The number of halogens is 4. The molecule has 0 aliphatic carbocycles. The molecule has 0 spiro atoms. The van der Waals surface area contributed by atoms with E-state index in [0.717, 1.165) is 5.56 Å². The monoisotopic (exact) mass is 643 g/mol. The summed E-state index contributed by atoms with van der Waals surface area (Å²) in [5, 5.41) is 6.71. The zero-order chi connectivity index (χ0) is 33.4. The van der Waals surface area contributed by atoms with E-state index in [1.165, 1.54) is 0 Å². The van der Waals surface area contributed by atoms with Crippen molar-refractivity contribution in [3.63, 3.8) is 0 Å². The van der Waals surface area contributed by atoms with Crippen molar-refractivity contribution in [3.05, 3.63) is 71.8 Å². The van der Waals surface area contributed by atoms with E-state index in [1.54, 1.807) is 81.4 Å². The summed E-state index contributed by atoms with van der Waals surface area (Å²) in [6.07, 6.45) is -0.652. The maximum Gasteiger partial charge on any atom is 0.408 e. The molecular weight excluding hydrogens is 606 g/mol. The van der Waals surface area contributed by atoms with Gasteiger partial charge in [0.05, 0.1) is 13.2 Å². The van der Waals surface area contributed by atoms with E-state index in [0.29, 0.717) is 12.0 Å². The van der Waals surface area contributed by atoms with Crippen LogP contribution in [0.5, 0.6) is 0 Å². The molecular formula is C30H37F4N3O8. The lowest BCUT2D eigenvalue weighted by Gasteiger charge is -2.26. The quantitative estimate of drug-likeness (QED) is 0.175. The second-order valence-corrected chi connectivity index (χ2v) is 10.6. The summed E-state index contributed by atoms with van der Waals surface area (Å²) in [7, 11) is 0. The van der Waals surface area contributed by atoms with Crippen molar-refractivity contribution in [2.24, 2.45) is 0 Å². The molecule has 3 amide bonds. The minimum Gasteiger partial charge on any atom is -0.459 e. The van der Waals surface area contributed by atoms with Gasteiger partial charge in [0.2, 0.25) is 11.8 Å². The van der Waals surface area contributed by atoms with E-state index in [9.17, 15) is 36.7 Å². The van der Waals surface area contributed by atoms with Crippen molar-refractivity contribution in [3.8, 4) is 0 Å². The van der Waals surface area contributed by atoms with Gasteiger partial charge in [0.1, 0.15) is 24.3 Å². The second kappa shape index (κ2) is 18.5. The maximum atomic E-state index is 13.3. The summed E-state index contributed by atoms with van der Waals surface area (Å²) >= 11 is 0. The van der Waals surface area contributed by atoms with Crippen molar-refractivity contribution < 1.29 is 55.7 Å². The molecule has 2 rings (SSSR count). The number of amides is 3. The predicted octanol–water partition coefficient (Wildman–Crippen LogP) is 3.70. The van der Waals surface area contributed by atoms with Crippen LogP contribution in [0.25, 0.3) is 0 Å². The lowest BCUT2D eigenvalue weighted by atomic mass is 10.0. The van der Waals surface area contributed by atoms with Gasteiger partial charge in [-0.3, -0.25) is 9.59 Å². The number of hydrogen-bond acceptors (Lipinski definition) is 8. The molecule has 0 aliphatic heterocycles. The van der Waals surface area contributed by atoms with Crippen molar-refractivity contribution in [2.45, 2.75) is 77.2 Å². The number of carbonyl (C=O) groups is 4. The smallest absolute Gasteiger partial charge is 0.408 e. The first-order chi connectivity index (χ1) is 21.2. The Hall–Kier alpha value is -4.24. The molecule has 3 atom stereocenters. The van der Waals surface area contributed by atoms with Crippen LogP contribution in [0.4, 0.5) is 22.4 Å². The molecule has 0 saturated heterocycles. The minimum atomic E-state index is -3.35. The molecule has 0 bridgehead atoms. The summed E-state index contributed by atoms with van der Waals surface area (Å²) in [5.74, 6) is -3.38. The predicted molar refractivity (Wildman–Crippen MR) is 152 cm³/mol. The highest BCUT2D eigenvalue weighted by molar-refractivity contribution is 5.93. The highest BCUT2D eigenvalue weighted by atomic mass is 19.3. The summed E-state index contributed by atoms with van der Waals surface area (Å²) in [5.41, 5.74) is 0.454. The molecule has 2 aromatic rings. The summed E-state index contributed by atoms with van der Waals surface area (Å²) in [6.45, 7) is -4.23. The van der Waals surface area contributed by atoms with Crippen LogP contribution < -0.4 is 16.0 Å². The van der Waals surface area contributed by atoms with Gasteiger partial charge in [-0.15, -0.1) is 0 Å². The number of hydrogen-bond donors (Lipinski definition) is 3. The van der Waals surface area contributed by atoms with Crippen molar-refractivity contribution in [1.29, 1.82) is 0 Å². The molecule has 45 heavy (non-hydrogen) atoms. The molecule has 0 aliphatic rings. The summed E-state index contributed by atoms with van der Waals surface area (Å²) in [6, 6.07) is 12.2. The fourth-order valence-electron chi connectivity index (χ4n) is 3.74. The summed E-state index contributed by atoms with van der Waals surface area (Å²) < 4.78 is 70.2. The van der Waals surface area contributed by atoms with E-state index in [1.807, 2.05) is 0 Å². The SMILES string of the molecule is CC(C)(C)OC(=O)N[C@@H](CCc1ccccc1)C(=O)N[C@@H](COC(F)F)C(=O)N[C@@H](COC(F)F)C(=O)OCc1ccccc1. The van der Waals surface area contributed by atoms with Gasteiger partial charge in [0.15, 0.2) is 6.04 Å². The highest BCUT2D eigenvalue weighted by Gasteiger charge is 2.32. The van der Waals surface area contributed by atoms with E-state index in [-0.39, 0.29) is 13.0 Å². The van der Waals surface area contributed by atoms with Gasteiger partial charge >= 0.3 is 25.3 Å². The van der Waals surface area contributed by atoms with E-state index >= 15 is 0 Å². The van der Waals surface area contributed by atoms with E-state index in [2.05, 4.69) is 25.4 Å². The standard InChI is InChI=1S/C30H37F4N3O8/c1-30(2,3)45-29(41)37-21(15-14-19-10-6-4-7-11-19)24(38)35-22(17-43-27(31)32)25(39)36-23(18-44-28(33)34)26(40)42-16-20-12-8-5-9-13-20/h4-13,21-23,27-28H,14-18H2,1-3H3,(H,35,38)(H,36,39)(H,37,41)/t21-,22-,23-/m0/s1. The van der Waals surface area contributed by atoms with Crippen molar-refractivity contribution in [2.75, 3.05) is 13.2 Å². The Morgan fingerprint density at radius 3 is 1.71 bits per heavy atom. The van der Waals surface area contributed by atoms with Crippen LogP contribution in [-0.2, 0) is 46.4 Å². The fourth-order valence-corrected chi connectivity index (χ4v) is 3.74. The summed E-state index contributed by atoms with van der Waals surface area (Å²) in [4.78, 5) is 51.6. The number of nitrogens with one attached hydrogen (secondary N) is 3. The zero-order valence-electron chi connectivity index (χ0n) is 25.0. The lowest BCUT2D eigenvalue weighted by Crippen LogP contribution is -2.58. The third-order valence-corrected chi connectivity index (χ3v) is 5.81. The van der Waals surface area contributed by atoms with Gasteiger partial charge in [0, 0.05) is 0 Å². The third kappa shape index (κ3) is 15.4. The second-order valence-electron chi connectivity index (χ2n) is 10.6. The number of rotatable bonds is 17. The van der Waals surface area contributed by atoms with Gasteiger partial charge < -0.3 is 34.9 Å². The zero-order valence-corrected chi connectivity index (χ0v) is 25.0. The molecule has 0 heterocycles. The fraction of sp³-hybridized carbons (Fsp3) is 0.467. The molecule has 0 unspecified atom stereocenters. The first-order valence-electron chi connectivity index (χ1n) is 13.9. The van der Waals surface area contributed by atoms with Crippen LogP contribution in [0.15, 0.2) is 60.7 Å². The van der Waals surface area contributed by atoms with Gasteiger partial charge in [-0.2, -0.15) is 17.6 Å². The number of carbonyl (C=O) groups excluding carboxylic acids is 4. The Morgan fingerprint density at radius 2 is 1.18 bits per heavy atom. The van der Waals surface area contributed by atoms with Crippen LogP contribution in [-0.4, -0.2) is 74.0 Å². The number of ether oxygens (including phenoxy) is 4. The lowest BCUT2D eigenvalue weighted by molar-refractivity contribution is -0.163. The highest BCUT2D eigenvalue weighted by Crippen LogP contribution is 2.11. The number of benzene rings is 2. The Morgan fingerprint density at radius 1 is 0.689 bits per heavy atom. The molecule has 0 aromatic heterocycles. The molecule has 15 heteroatoms. The Kier molecular flexibility index (Phi) is 15.2. The Bertz CT molecular complexity index is 1220. The molecule has 3 N–H and O–H groups in total. The average molecular weight is 644 g/mol. The van der Waals surface area contributed by atoms with Crippen molar-refractivity contribution >= 4 is 23.9 Å². The topological polar surface area (TPSA) is 141 Å². The van der Waals surface area contributed by atoms with Gasteiger partial charge in [-0.25, -0.2) is 9.59 Å². The van der Waals surface area contributed by atoms with Crippen LogP contribution in [0.3, 0.4) is 0 Å². The largest absolute Gasteiger partial charge is 0.459 e. The Labute approximate surface area is 257 Å². The van der Waals surface area contributed by atoms with E-state index < -0.39 is 74.0 Å². The van der Waals surface area contributed by atoms with Gasteiger partial charge in [-0.1, -0.05) is 60.7 Å². The number of esters is 1. The Balaban J connectivity index is 2.21. The molecule has 248 valence electrons. The van der Waals surface area contributed by atoms with Crippen LogP contribution in [0, 0.1) is 0 Å². The average Bonchev–Trinajstić information content (AvgIpc) is 2.97. The van der Waals surface area contributed by atoms with Crippen molar-refractivity contribution in [1.82, 2.24) is 16.0 Å². The minimum absolute atomic E-state index is 0.00972. The first kappa shape index (κ1) is 36.9. The maximum absolute atomic E-state index is 13.3. The molecule has 0 fully saturated rings. The molecule has 0 saturated carbocycles. The first-order valence-corrected chi connectivity index (χ1v) is 13.9. The van der Waals surface area contributed by atoms with Crippen LogP contribution in [0.1, 0.15) is 38.3 Å². The van der Waals surface area contributed by atoms with Crippen LogP contribution in [0.2, 0.25) is 0 Å². The van der Waals surface area contributed by atoms with Crippen LogP contribution >= 0.6 is 0 Å². The van der Waals surface area contributed by atoms with Gasteiger partial charge in [-0.05, 0) is 44.7 Å². The molecule has 2 aromatic carbocycles. The normalized spacial score (nSPS) is 13.4. The van der Waals surface area contributed by atoms with Gasteiger partial charge in [0.25, 0.3) is 0 Å². The number of alkyl halides is 4. The number of aryl methyl sites for hydroxylation is 1. The molecule has 0 radical (unpaired) electrons. The third-order valence-electron chi connectivity index (χ3n) is 5.81. The molecule has 11 nitrogen and oxygen atoms in total.